The number of nitrogens with two attached hydrogens (primary N) is 1. The van der Waals surface area contributed by atoms with Gasteiger partial charge in [0.25, 0.3) is 11.5 Å². The fourth-order valence-corrected chi connectivity index (χ4v) is 3.86. The van der Waals surface area contributed by atoms with E-state index in [-0.39, 0.29) is 36.0 Å². The van der Waals surface area contributed by atoms with Crippen LogP contribution in [0.1, 0.15) is 66.2 Å². The Morgan fingerprint density at radius 1 is 1.34 bits per heavy atom. The summed E-state index contributed by atoms with van der Waals surface area (Å²) in [4.78, 5) is 41.5. The molecule has 1 aliphatic rings. The third-order valence-electron chi connectivity index (χ3n) is 5.40. The van der Waals surface area contributed by atoms with Crippen LogP contribution in [-0.2, 0) is 16.1 Å². The van der Waals surface area contributed by atoms with Crippen LogP contribution in [0.4, 0.5) is 11.5 Å². The fraction of sp³-hybridized carbons (Fsp3) is 0.762. The summed E-state index contributed by atoms with van der Waals surface area (Å²) >= 11 is 0. The van der Waals surface area contributed by atoms with Gasteiger partial charge in [0.2, 0.25) is 0 Å². The largest absolute Gasteiger partial charge is 0.383 e. The van der Waals surface area contributed by atoms with Gasteiger partial charge in [-0.15, -0.1) is 0 Å². The normalized spacial score (nSPS) is 19.5. The fourth-order valence-electron chi connectivity index (χ4n) is 3.86. The van der Waals surface area contributed by atoms with Gasteiger partial charge in [-0.3, -0.25) is 19.1 Å². The maximum atomic E-state index is 13.0. The lowest BCUT2D eigenvalue weighted by atomic mass is 9.89. The van der Waals surface area contributed by atoms with Crippen LogP contribution in [0.5, 0.6) is 0 Å². The second kappa shape index (κ2) is 10.6. The van der Waals surface area contributed by atoms with Crippen LogP contribution in [-0.4, -0.2) is 34.7 Å². The molecule has 0 aliphatic heterocycles. The lowest BCUT2D eigenvalue weighted by Crippen LogP contribution is -2.44. The van der Waals surface area contributed by atoms with Crippen molar-refractivity contribution in [2.24, 2.45) is 11.8 Å². The number of nitrogens with one attached hydrogen (secondary N) is 1. The van der Waals surface area contributed by atoms with Crippen LogP contribution in [0.2, 0.25) is 0 Å². The zero-order valence-electron chi connectivity index (χ0n) is 18.2. The van der Waals surface area contributed by atoms with Crippen molar-refractivity contribution in [3.63, 3.8) is 0 Å². The molecule has 1 fully saturated rings. The second-order valence-electron chi connectivity index (χ2n) is 8.60. The number of carbonyl (C=O) groups excluding carboxylic acids is 1. The summed E-state index contributed by atoms with van der Waals surface area (Å²) in [5, 5.41) is 0. The van der Waals surface area contributed by atoms with Gasteiger partial charge in [0.1, 0.15) is 12.4 Å². The molecule has 1 aromatic heterocycles. The number of unbranched alkanes of at least 4 members (excludes halogenated alkanes) is 1. The van der Waals surface area contributed by atoms with Crippen molar-refractivity contribution in [3.8, 4) is 0 Å². The lowest BCUT2D eigenvalue weighted by molar-refractivity contribution is -0.126. The predicted octanol–water partition coefficient (Wildman–Crippen LogP) is 2.50. The smallest absolute Gasteiger partial charge is 0.330 e. The summed E-state index contributed by atoms with van der Waals surface area (Å²) in [5.74, 6) is 0.432. The number of ether oxygens (including phenoxy) is 1. The Morgan fingerprint density at radius 3 is 2.69 bits per heavy atom. The Kier molecular flexibility index (Phi) is 8.49. The van der Waals surface area contributed by atoms with Gasteiger partial charge in [0.15, 0.2) is 5.69 Å². The summed E-state index contributed by atoms with van der Waals surface area (Å²) in [6, 6.07) is 0. The van der Waals surface area contributed by atoms with E-state index in [1.807, 2.05) is 20.8 Å². The van der Waals surface area contributed by atoms with Crippen molar-refractivity contribution >= 4 is 17.4 Å². The van der Waals surface area contributed by atoms with E-state index < -0.39 is 11.2 Å². The topological polar surface area (TPSA) is 110 Å². The van der Waals surface area contributed by atoms with Crippen LogP contribution in [0.25, 0.3) is 0 Å². The molecule has 1 aliphatic carbocycles. The van der Waals surface area contributed by atoms with Crippen molar-refractivity contribution < 1.29 is 9.53 Å². The first kappa shape index (κ1) is 23.2. The molecule has 0 aromatic carbocycles. The molecule has 3 N–H and O–H groups in total. The Morgan fingerprint density at radius 2 is 2.07 bits per heavy atom. The molecular weight excluding hydrogens is 372 g/mol. The van der Waals surface area contributed by atoms with Crippen LogP contribution < -0.4 is 21.9 Å². The van der Waals surface area contributed by atoms with Crippen LogP contribution in [0.15, 0.2) is 9.59 Å². The monoisotopic (exact) mass is 408 g/mol. The molecule has 0 saturated heterocycles. The molecule has 0 spiro atoms. The minimum atomic E-state index is -0.638. The Hall–Kier alpha value is -2.09. The first-order valence-corrected chi connectivity index (χ1v) is 10.8. The lowest BCUT2D eigenvalue weighted by Gasteiger charge is -2.29. The van der Waals surface area contributed by atoms with E-state index in [2.05, 4.69) is 11.9 Å². The van der Waals surface area contributed by atoms with Crippen molar-refractivity contribution in [1.29, 1.82) is 0 Å². The Bertz CT molecular complexity index is 799. The number of carbonyl (C=O) groups is 1. The molecule has 1 aromatic rings. The molecule has 1 heterocycles. The highest BCUT2D eigenvalue weighted by Gasteiger charge is 2.27. The SMILES string of the molecule is CCCCn1c(N)c(N(CC(C)C)C(=O)COC2CCCC(C)C2)c(=O)[nH]c1=O. The third kappa shape index (κ3) is 6.19. The minimum absolute atomic E-state index is 0.0347. The molecule has 1 amide bonds. The number of anilines is 2. The summed E-state index contributed by atoms with van der Waals surface area (Å²) in [5.41, 5.74) is 5.06. The second-order valence-corrected chi connectivity index (χ2v) is 8.60. The maximum Gasteiger partial charge on any atom is 0.330 e. The van der Waals surface area contributed by atoms with E-state index in [4.69, 9.17) is 10.5 Å². The number of aromatic amines is 1. The van der Waals surface area contributed by atoms with E-state index in [0.717, 1.165) is 32.1 Å². The predicted molar refractivity (Wildman–Crippen MR) is 115 cm³/mol. The van der Waals surface area contributed by atoms with Gasteiger partial charge in [-0.2, -0.15) is 0 Å². The molecule has 8 nitrogen and oxygen atoms in total. The average Bonchev–Trinajstić information content (AvgIpc) is 2.64. The Labute approximate surface area is 172 Å². The summed E-state index contributed by atoms with van der Waals surface area (Å²) in [7, 11) is 0. The number of amides is 1. The number of H-pyrrole nitrogens is 1. The van der Waals surface area contributed by atoms with E-state index in [1.165, 1.54) is 15.9 Å². The van der Waals surface area contributed by atoms with Gasteiger partial charge < -0.3 is 15.4 Å². The number of hydrogen-bond acceptors (Lipinski definition) is 5. The number of hydrogen-bond donors (Lipinski definition) is 2. The van der Waals surface area contributed by atoms with E-state index in [0.29, 0.717) is 19.0 Å². The van der Waals surface area contributed by atoms with E-state index >= 15 is 0 Å². The minimum Gasteiger partial charge on any atom is -0.383 e. The summed E-state index contributed by atoms with van der Waals surface area (Å²) < 4.78 is 7.22. The molecule has 2 atom stereocenters. The highest BCUT2D eigenvalue weighted by atomic mass is 16.5. The molecule has 1 saturated carbocycles. The molecule has 0 bridgehead atoms. The zero-order valence-corrected chi connectivity index (χ0v) is 18.2. The molecule has 8 heteroatoms. The standard InChI is InChI=1S/C21H36N4O4/c1-5-6-10-24-19(22)18(20(27)23-21(24)28)25(12-14(2)3)17(26)13-29-16-9-7-8-15(4)11-16/h14-16H,5-13,22H2,1-4H3,(H,23,27,28). The van der Waals surface area contributed by atoms with E-state index in [9.17, 15) is 14.4 Å². The van der Waals surface area contributed by atoms with Gasteiger partial charge in [-0.05, 0) is 31.1 Å². The summed E-state index contributed by atoms with van der Waals surface area (Å²) in [6.45, 7) is 8.74. The quantitative estimate of drug-likeness (QED) is 0.652. The van der Waals surface area contributed by atoms with Gasteiger partial charge in [-0.25, -0.2) is 4.79 Å². The van der Waals surface area contributed by atoms with Crippen molar-refractivity contribution in [1.82, 2.24) is 9.55 Å². The number of aromatic nitrogens is 2. The molecule has 2 unspecified atom stereocenters. The van der Waals surface area contributed by atoms with Crippen molar-refractivity contribution in [2.45, 2.75) is 78.9 Å². The maximum absolute atomic E-state index is 13.0. The van der Waals surface area contributed by atoms with Crippen LogP contribution >= 0.6 is 0 Å². The number of rotatable bonds is 9. The van der Waals surface area contributed by atoms with Crippen molar-refractivity contribution in [2.75, 3.05) is 23.8 Å². The molecular formula is C21H36N4O4. The van der Waals surface area contributed by atoms with Gasteiger partial charge >= 0.3 is 5.69 Å². The highest BCUT2D eigenvalue weighted by Crippen LogP contribution is 2.26. The molecule has 2 rings (SSSR count). The third-order valence-corrected chi connectivity index (χ3v) is 5.40. The molecule has 164 valence electrons. The number of nitrogens with zero attached hydrogens (tertiary/aromatic N) is 2. The number of nitrogen functional groups attached to an aromatic ring is 1. The van der Waals surface area contributed by atoms with Crippen LogP contribution in [0, 0.1) is 11.8 Å². The van der Waals surface area contributed by atoms with Gasteiger partial charge in [-0.1, -0.05) is 47.0 Å². The highest BCUT2D eigenvalue weighted by molar-refractivity contribution is 5.96. The first-order valence-electron chi connectivity index (χ1n) is 10.8. The first-order chi connectivity index (χ1) is 13.7. The zero-order chi connectivity index (χ0) is 21.6. The summed E-state index contributed by atoms with van der Waals surface area (Å²) in [6.07, 6.45) is 5.88. The van der Waals surface area contributed by atoms with Crippen molar-refractivity contribution in [3.05, 3.63) is 20.8 Å². The van der Waals surface area contributed by atoms with Gasteiger partial charge in [0, 0.05) is 13.1 Å². The average molecular weight is 409 g/mol. The van der Waals surface area contributed by atoms with Crippen LogP contribution in [0.3, 0.4) is 0 Å². The van der Waals surface area contributed by atoms with E-state index in [1.54, 1.807) is 0 Å². The molecule has 29 heavy (non-hydrogen) atoms. The Balaban J connectivity index is 2.28. The molecule has 0 radical (unpaired) electrons. The van der Waals surface area contributed by atoms with Gasteiger partial charge in [0.05, 0.1) is 6.10 Å².